The standard InChI is InChI=1S/C11H13NO3/c1-14-11(13)9-6-7(12)2-5-10(9)15-8-3-4-8/h2,5-6,8H,3-4,12H2,1H3. The zero-order valence-corrected chi connectivity index (χ0v) is 8.53. The zero-order chi connectivity index (χ0) is 10.8. The summed E-state index contributed by atoms with van der Waals surface area (Å²) in [6.07, 6.45) is 2.34. The summed E-state index contributed by atoms with van der Waals surface area (Å²) < 4.78 is 10.2. The van der Waals surface area contributed by atoms with Gasteiger partial charge < -0.3 is 15.2 Å². The van der Waals surface area contributed by atoms with Crippen molar-refractivity contribution in [1.82, 2.24) is 0 Å². The molecular formula is C11H13NO3. The molecule has 0 spiro atoms. The van der Waals surface area contributed by atoms with Gasteiger partial charge >= 0.3 is 5.97 Å². The quantitative estimate of drug-likeness (QED) is 0.604. The highest BCUT2D eigenvalue weighted by molar-refractivity contribution is 5.93. The number of nitrogens with two attached hydrogens (primary N) is 1. The lowest BCUT2D eigenvalue weighted by Crippen LogP contribution is -2.07. The van der Waals surface area contributed by atoms with E-state index in [0.29, 0.717) is 17.0 Å². The topological polar surface area (TPSA) is 61.5 Å². The van der Waals surface area contributed by atoms with Gasteiger partial charge in [-0.25, -0.2) is 4.79 Å². The molecule has 0 heterocycles. The summed E-state index contributed by atoms with van der Waals surface area (Å²) in [6, 6.07) is 4.99. The summed E-state index contributed by atoms with van der Waals surface area (Å²) in [5, 5.41) is 0. The van der Waals surface area contributed by atoms with Crippen LogP contribution in [0.1, 0.15) is 23.2 Å². The Hall–Kier alpha value is -1.71. The molecule has 0 saturated heterocycles. The number of nitrogen functional groups attached to an aromatic ring is 1. The number of methoxy groups -OCH3 is 1. The van der Waals surface area contributed by atoms with Crippen LogP contribution in [0.15, 0.2) is 18.2 Å². The molecule has 1 aliphatic carbocycles. The Balaban J connectivity index is 2.29. The van der Waals surface area contributed by atoms with E-state index in [9.17, 15) is 4.79 Å². The fourth-order valence-corrected chi connectivity index (χ4v) is 1.29. The van der Waals surface area contributed by atoms with Gasteiger partial charge in [-0.3, -0.25) is 0 Å². The first kappa shape index (κ1) is 9.83. The van der Waals surface area contributed by atoms with Crippen molar-refractivity contribution in [3.05, 3.63) is 23.8 Å². The van der Waals surface area contributed by atoms with Gasteiger partial charge in [0, 0.05) is 5.69 Å². The van der Waals surface area contributed by atoms with Gasteiger partial charge in [0.25, 0.3) is 0 Å². The van der Waals surface area contributed by atoms with Crippen LogP contribution in [-0.4, -0.2) is 19.2 Å². The van der Waals surface area contributed by atoms with E-state index in [-0.39, 0.29) is 6.10 Å². The normalized spacial score (nSPS) is 14.7. The molecule has 0 atom stereocenters. The van der Waals surface area contributed by atoms with Gasteiger partial charge in [-0.1, -0.05) is 0 Å². The van der Waals surface area contributed by atoms with Crippen molar-refractivity contribution >= 4 is 11.7 Å². The summed E-state index contributed by atoms with van der Waals surface area (Å²) in [4.78, 5) is 11.4. The summed E-state index contributed by atoms with van der Waals surface area (Å²) in [5.74, 6) is 0.136. The Kier molecular flexibility index (Phi) is 2.49. The van der Waals surface area contributed by atoms with Crippen molar-refractivity contribution in [2.45, 2.75) is 18.9 Å². The highest BCUT2D eigenvalue weighted by Gasteiger charge is 2.25. The monoisotopic (exact) mass is 207 g/mol. The summed E-state index contributed by atoms with van der Waals surface area (Å²) in [6.45, 7) is 0. The van der Waals surface area contributed by atoms with Gasteiger partial charge in [0.2, 0.25) is 0 Å². The van der Waals surface area contributed by atoms with Crippen LogP contribution in [0.2, 0.25) is 0 Å². The number of anilines is 1. The Morgan fingerprint density at radius 1 is 1.47 bits per heavy atom. The van der Waals surface area contributed by atoms with Crippen LogP contribution < -0.4 is 10.5 Å². The van der Waals surface area contributed by atoms with Crippen molar-refractivity contribution < 1.29 is 14.3 Å². The molecule has 0 bridgehead atoms. The third-order valence-electron chi connectivity index (χ3n) is 2.23. The number of hydrogen-bond acceptors (Lipinski definition) is 4. The molecule has 4 heteroatoms. The van der Waals surface area contributed by atoms with E-state index in [4.69, 9.17) is 10.5 Å². The number of carbonyl (C=O) groups is 1. The number of hydrogen-bond donors (Lipinski definition) is 1. The maximum absolute atomic E-state index is 11.4. The molecule has 1 aliphatic rings. The molecule has 15 heavy (non-hydrogen) atoms. The Morgan fingerprint density at radius 3 is 2.80 bits per heavy atom. The van der Waals surface area contributed by atoms with Crippen LogP contribution in [0.25, 0.3) is 0 Å². The van der Waals surface area contributed by atoms with Crippen molar-refractivity contribution in [3.8, 4) is 5.75 Å². The van der Waals surface area contributed by atoms with Crippen LogP contribution >= 0.6 is 0 Å². The fourth-order valence-electron chi connectivity index (χ4n) is 1.29. The van der Waals surface area contributed by atoms with Crippen molar-refractivity contribution in [2.24, 2.45) is 0 Å². The molecule has 0 amide bonds. The number of esters is 1. The second-order valence-corrected chi connectivity index (χ2v) is 3.56. The lowest BCUT2D eigenvalue weighted by Gasteiger charge is -2.09. The first-order valence-corrected chi connectivity index (χ1v) is 4.85. The second-order valence-electron chi connectivity index (χ2n) is 3.56. The average Bonchev–Trinajstić information content (AvgIpc) is 3.03. The lowest BCUT2D eigenvalue weighted by atomic mass is 10.2. The third-order valence-corrected chi connectivity index (χ3v) is 2.23. The number of rotatable bonds is 3. The van der Waals surface area contributed by atoms with E-state index < -0.39 is 5.97 Å². The maximum atomic E-state index is 11.4. The molecule has 0 unspecified atom stereocenters. The average molecular weight is 207 g/mol. The van der Waals surface area contributed by atoms with E-state index in [2.05, 4.69) is 4.74 Å². The van der Waals surface area contributed by atoms with Gasteiger partial charge in [0.05, 0.1) is 13.2 Å². The SMILES string of the molecule is COC(=O)c1cc(N)ccc1OC1CC1. The Bertz CT molecular complexity index is 385. The predicted octanol–water partition coefficient (Wildman–Crippen LogP) is 1.60. The highest BCUT2D eigenvalue weighted by atomic mass is 16.5. The highest BCUT2D eigenvalue weighted by Crippen LogP contribution is 2.30. The van der Waals surface area contributed by atoms with Gasteiger partial charge in [-0.15, -0.1) is 0 Å². The lowest BCUT2D eigenvalue weighted by molar-refractivity contribution is 0.0595. The third kappa shape index (κ3) is 2.21. The van der Waals surface area contributed by atoms with Gasteiger partial charge in [-0.2, -0.15) is 0 Å². The first-order valence-electron chi connectivity index (χ1n) is 4.85. The van der Waals surface area contributed by atoms with Gasteiger partial charge in [0.15, 0.2) is 0 Å². The Morgan fingerprint density at radius 2 is 2.20 bits per heavy atom. The van der Waals surface area contributed by atoms with Crippen molar-refractivity contribution in [1.29, 1.82) is 0 Å². The molecule has 80 valence electrons. The molecule has 2 rings (SSSR count). The summed E-state index contributed by atoms with van der Waals surface area (Å²) in [5.41, 5.74) is 6.52. The molecule has 2 N–H and O–H groups in total. The van der Waals surface area contributed by atoms with E-state index in [1.54, 1.807) is 18.2 Å². The number of ether oxygens (including phenoxy) is 2. The van der Waals surface area contributed by atoms with E-state index in [1.165, 1.54) is 7.11 Å². The molecule has 1 fully saturated rings. The zero-order valence-electron chi connectivity index (χ0n) is 8.53. The smallest absolute Gasteiger partial charge is 0.341 e. The minimum absolute atomic E-state index is 0.247. The van der Waals surface area contributed by atoms with E-state index in [1.807, 2.05) is 0 Å². The minimum Gasteiger partial charge on any atom is -0.490 e. The van der Waals surface area contributed by atoms with Crippen molar-refractivity contribution in [2.75, 3.05) is 12.8 Å². The largest absolute Gasteiger partial charge is 0.490 e. The van der Waals surface area contributed by atoms with Crippen LogP contribution in [0, 0.1) is 0 Å². The second kappa shape index (κ2) is 3.81. The molecule has 1 aromatic carbocycles. The molecule has 0 aromatic heterocycles. The van der Waals surface area contributed by atoms with Gasteiger partial charge in [0.1, 0.15) is 11.3 Å². The van der Waals surface area contributed by atoms with Crippen LogP contribution in [0.3, 0.4) is 0 Å². The molecule has 0 radical (unpaired) electrons. The molecule has 1 aromatic rings. The molecule has 1 saturated carbocycles. The van der Waals surface area contributed by atoms with E-state index in [0.717, 1.165) is 12.8 Å². The van der Waals surface area contributed by atoms with Gasteiger partial charge in [-0.05, 0) is 31.0 Å². The number of benzene rings is 1. The first-order chi connectivity index (χ1) is 7.20. The maximum Gasteiger partial charge on any atom is 0.341 e. The van der Waals surface area contributed by atoms with Crippen molar-refractivity contribution in [3.63, 3.8) is 0 Å². The number of carbonyl (C=O) groups excluding carboxylic acids is 1. The Labute approximate surface area is 88.0 Å². The van der Waals surface area contributed by atoms with E-state index >= 15 is 0 Å². The fraction of sp³-hybridized carbons (Fsp3) is 0.364. The summed E-state index contributed by atoms with van der Waals surface area (Å²) in [7, 11) is 1.34. The minimum atomic E-state index is -0.419. The molecule has 0 aliphatic heterocycles. The van der Waals surface area contributed by atoms with Crippen LogP contribution in [0.5, 0.6) is 5.75 Å². The molecule has 4 nitrogen and oxygen atoms in total. The summed E-state index contributed by atoms with van der Waals surface area (Å²) >= 11 is 0. The van der Waals surface area contributed by atoms with Crippen LogP contribution in [0.4, 0.5) is 5.69 Å². The molecular weight excluding hydrogens is 194 g/mol. The predicted molar refractivity (Wildman–Crippen MR) is 55.8 cm³/mol. The van der Waals surface area contributed by atoms with Crippen LogP contribution in [-0.2, 0) is 4.74 Å².